The lowest BCUT2D eigenvalue weighted by atomic mass is 10.5. The Morgan fingerprint density at radius 3 is 3.00 bits per heavy atom. The number of nitro groups is 1. The molecule has 0 saturated heterocycles. The van der Waals surface area contributed by atoms with E-state index in [0.717, 1.165) is 16.2 Å². The lowest BCUT2D eigenvalue weighted by Crippen LogP contribution is -1.95. The highest BCUT2D eigenvalue weighted by molar-refractivity contribution is 7.18. The number of thiazole rings is 2. The van der Waals surface area contributed by atoms with Gasteiger partial charge in [0.1, 0.15) is 6.20 Å². The van der Waals surface area contributed by atoms with Crippen molar-refractivity contribution in [1.29, 1.82) is 0 Å². The van der Waals surface area contributed by atoms with E-state index in [1.54, 1.807) is 11.7 Å². The van der Waals surface area contributed by atoms with Crippen molar-refractivity contribution in [2.24, 2.45) is 0 Å². The van der Waals surface area contributed by atoms with Gasteiger partial charge in [-0.25, -0.2) is 4.98 Å². The van der Waals surface area contributed by atoms with Gasteiger partial charge in [-0.15, -0.1) is 11.3 Å². The van der Waals surface area contributed by atoms with E-state index in [4.69, 9.17) is 0 Å². The average molecular weight is 242 g/mol. The molecule has 0 amide bonds. The van der Waals surface area contributed by atoms with Crippen molar-refractivity contribution in [3.8, 4) is 0 Å². The number of hydrogen-bond donors (Lipinski definition) is 1. The molecule has 0 aliphatic rings. The number of nitrogens with zero attached hydrogens (tertiary/aromatic N) is 3. The first-order chi connectivity index (χ1) is 7.25. The minimum absolute atomic E-state index is 0.0433. The summed E-state index contributed by atoms with van der Waals surface area (Å²) in [6.45, 7) is 0.593. The molecule has 0 spiro atoms. The van der Waals surface area contributed by atoms with Crippen LogP contribution in [0.3, 0.4) is 0 Å². The third kappa shape index (κ3) is 2.48. The maximum Gasteiger partial charge on any atom is 0.345 e. The molecule has 0 aromatic carbocycles. The molecule has 2 aromatic rings. The van der Waals surface area contributed by atoms with Crippen LogP contribution < -0.4 is 5.32 Å². The largest absolute Gasteiger partial charge is 0.356 e. The van der Waals surface area contributed by atoms with E-state index in [1.165, 1.54) is 17.5 Å². The van der Waals surface area contributed by atoms with Crippen LogP contribution in [-0.2, 0) is 6.54 Å². The number of nitrogens with one attached hydrogen (secondary N) is 1. The van der Waals surface area contributed by atoms with Crippen LogP contribution in [0.4, 0.5) is 10.1 Å². The number of anilines is 1. The Balaban J connectivity index is 1.96. The first-order valence-corrected chi connectivity index (χ1v) is 5.67. The van der Waals surface area contributed by atoms with Crippen molar-refractivity contribution < 1.29 is 4.92 Å². The van der Waals surface area contributed by atoms with Gasteiger partial charge in [-0.2, -0.15) is 0 Å². The number of rotatable bonds is 4. The molecular formula is C7H6N4O2S2. The van der Waals surface area contributed by atoms with E-state index in [1.807, 2.05) is 0 Å². The average Bonchev–Trinajstić information content (AvgIpc) is 2.86. The van der Waals surface area contributed by atoms with E-state index in [-0.39, 0.29) is 5.00 Å². The van der Waals surface area contributed by atoms with E-state index in [9.17, 15) is 10.1 Å². The molecule has 0 fully saturated rings. The summed E-state index contributed by atoms with van der Waals surface area (Å²) in [5.74, 6) is 0. The maximum atomic E-state index is 10.4. The van der Waals surface area contributed by atoms with E-state index < -0.39 is 4.92 Å². The minimum Gasteiger partial charge on any atom is -0.356 e. The van der Waals surface area contributed by atoms with Gasteiger partial charge in [0, 0.05) is 11.1 Å². The van der Waals surface area contributed by atoms with Gasteiger partial charge in [-0.3, -0.25) is 15.1 Å². The second-order valence-corrected chi connectivity index (χ2v) is 4.56. The van der Waals surface area contributed by atoms with Crippen LogP contribution in [0, 0.1) is 10.1 Å². The lowest BCUT2D eigenvalue weighted by Gasteiger charge is -1.96. The van der Waals surface area contributed by atoms with Gasteiger partial charge in [0.2, 0.25) is 0 Å². The van der Waals surface area contributed by atoms with Crippen molar-refractivity contribution in [1.82, 2.24) is 9.97 Å². The fourth-order valence-corrected chi connectivity index (χ4v) is 2.09. The van der Waals surface area contributed by atoms with E-state index in [2.05, 4.69) is 15.3 Å². The second-order valence-electron chi connectivity index (χ2n) is 2.58. The molecular weight excluding hydrogens is 236 g/mol. The van der Waals surface area contributed by atoms with E-state index >= 15 is 0 Å². The first-order valence-electron chi connectivity index (χ1n) is 3.97. The van der Waals surface area contributed by atoms with Crippen LogP contribution in [0.1, 0.15) is 4.88 Å². The molecule has 0 bridgehead atoms. The third-order valence-electron chi connectivity index (χ3n) is 1.57. The van der Waals surface area contributed by atoms with Gasteiger partial charge in [0.05, 0.1) is 17.0 Å². The normalized spacial score (nSPS) is 10.1. The highest BCUT2D eigenvalue weighted by atomic mass is 32.1. The summed E-state index contributed by atoms with van der Waals surface area (Å²) in [5.41, 5.74) is 1.74. The molecule has 2 aromatic heterocycles. The molecule has 6 nitrogen and oxygen atoms in total. The van der Waals surface area contributed by atoms with Crippen LogP contribution in [0.15, 0.2) is 17.9 Å². The van der Waals surface area contributed by atoms with Gasteiger partial charge < -0.3 is 5.32 Å². The number of hydrogen-bond acceptors (Lipinski definition) is 7. The molecule has 0 atom stereocenters. The van der Waals surface area contributed by atoms with Crippen molar-refractivity contribution >= 4 is 32.8 Å². The topological polar surface area (TPSA) is 81.0 Å². The molecule has 15 heavy (non-hydrogen) atoms. The molecule has 8 heteroatoms. The fraction of sp³-hybridized carbons (Fsp3) is 0.143. The standard InChI is InChI=1S/C7H6N4O2S2/c12-11(13)6-3-10-7(15-6)9-2-5-1-8-4-14-5/h1,3-4H,2H2,(H,9,10). The monoisotopic (exact) mass is 242 g/mol. The van der Waals surface area contributed by atoms with Crippen LogP contribution in [0.2, 0.25) is 0 Å². The summed E-state index contributed by atoms with van der Waals surface area (Å²) in [4.78, 5) is 18.8. The molecule has 2 heterocycles. The fourth-order valence-electron chi connectivity index (χ4n) is 0.924. The highest BCUT2D eigenvalue weighted by Crippen LogP contribution is 2.25. The van der Waals surface area contributed by atoms with Crippen LogP contribution >= 0.6 is 22.7 Å². The lowest BCUT2D eigenvalue weighted by molar-refractivity contribution is -0.380. The maximum absolute atomic E-state index is 10.4. The third-order valence-corrected chi connectivity index (χ3v) is 3.26. The van der Waals surface area contributed by atoms with Crippen molar-refractivity contribution in [3.63, 3.8) is 0 Å². The Hall–Kier alpha value is -1.54. The van der Waals surface area contributed by atoms with Gasteiger partial charge in [0.15, 0.2) is 5.13 Å². The highest BCUT2D eigenvalue weighted by Gasteiger charge is 2.10. The quantitative estimate of drug-likeness (QED) is 0.656. The minimum atomic E-state index is -0.449. The zero-order valence-electron chi connectivity index (χ0n) is 7.41. The van der Waals surface area contributed by atoms with Crippen molar-refractivity contribution in [2.45, 2.75) is 6.54 Å². The van der Waals surface area contributed by atoms with Gasteiger partial charge >= 0.3 is 5.00 Å². The Morgan fingerprint density at radius 1 is 1.53 bits per heavy atom. The molecule has 0 unspecified atom stereocenters. The van der Waals surface area contributed by atoms with Gasteiger partial charge in [-0.05, 0) is 11.3 Å². The first kappa shape index (κ1) is 9.99. The van der Waals surface area contributed by atoms with E-state index in [0.29, 0.717) is 11.7 Å². The Kier molecular flexibility index (Phi) is 2.88. The summed E-state index contributed by atoms with van der Waals surface area (Å²) < 4.78 is 0. The SMILES string of the molecule is O=[N+]([O-])c1cnc(NCc2cncs2)s1. The van der Waals surface area contributed by atoms with Crippen LogP contribution in [-0.4, -0.2) is 14.9 Å². The second kappa shape index (κ2) is 4.32. The Morgan fingerprint density at radius 2 is 2.40 bits per heavy atom. The number of aromatic nitrogens is 2. The molecule has 2 rings (SSSR count). The van der Waals surface area contributed by atoms with Gasteiger partial charge in [0.25, 0.3) is 0 Å². The summed E-state index contributed by atoms with van der Waals surface area (Å²) in [7, 11) is 0. The summed E-state index contributed by atoms with van der Waals surface area (Å²) in [5, 5.41) is 14.0. The molecule has 78 valence electrons. The molecule has 1 N–H and O–H groups in total. The predicted molar refractivity (Wildman–Crippen MR) is 58.2 cm³/mol. The molecule has 0 radical (unpaired) electrons. The van der Waals surface area contributed by atoms with Crippen molar-refractivity contribution in [3.05, 3.63) is 32.9 Å². The molecule has 0 aliphatic heterocycles. The Labute approximate surface area is 92.8 Å². The summed E-state index contributed by atoms with van der Waals surface area (Å²) in [6.07, 6.45) is 3.00. The zero-order chi connectivity index (χ0) is 10.7. The van der Waals surface area contributed by atoms with Crippen LogP contribution in [0.25, 0.3) is 0 Å². The molecule has 0 aliphatic carbocycles. The zero-order valence-corrected chi connectivity index (χ0v) is 9.05. The summed E-state index contributed by atoms with van der Waals surface area (Å²) >= 11 is 2.55. The predicted octanol–water partition coefficient (Wildman–Crippen LogP) is 2.12. The smallest absolute Gasteiger partial charge is 0.345 e. The van der Waals surface area contributed by atoms with Crippen molar-refractivity contribution in [2.75, 3.05) is 5.32 Å². The summed E-state index contributed by atoms with van der Waals surface area (Å²) in [6, 6.07) is 0. The van der Waals surface area contributed by atoms with Gasteiger partial charge in [-0.1, -0.05) is 0 Å². The Bertz CT molecular complexity index is 453. The van der Waals surface area contributed by atoms with Crippen LogP contribution in [0.5, 0.6) is 0 Å². The molecule has 0 saturated carbocycles.